The molecule has 0 saturated heterocycles. The highest BCUT2D eigenvalue weighted by Gasteiger charge is 2.07. The van der Waals surface area contributed by atoms with Crippen molar-refractivity contribution in [1.82, 2.24) is 0 Å². The third-order valence-corrected chi connectivity index (χ3v) is 4.02. The molecule has 27 heavy (non-hydrogen) atoms. The molecule has 0 aromatic heterocycles. The molecule has 0 aliphatic rings. The van der Waals surface area contributed by atoms with Crippen LogP contribution in [0.25, 0.3) is 0 Å². The molecule has 0 spiro atoms. The van der Waals surface area contributed by atoms with Crippen LogP contribution < -0.4 is 15.4 Å². The molecule has 3 aromatic rings. The predicted octanol–water partition coefficient (Wildman–Crippen LogP) is 4.98. The van der Waals surface area contributed by atoms with Crippen LogP contribution in [0.3, 0.4) is 0 Å². The smallest absolute Gasteiger partial charge is 0.255 e. The Balaban J connectivity index is 1.65. The minimum absolute atomic E-state index is 0.0113. The molecule has 0 saturated carbocycles. The fourth-order valence-corrected chi connectivity index (χ4v) is 2.52. The molecule has 1 amide bonds. The molecule has 0 atom stereocenters. The summed E-state index contributed by atoms with van der Waals surface area (Å²) < 4.78 is 5.75. The van der Waals surface area contributed by atoms with E-state index in [4.69, 9.17) is 4.74 Å². The van der Waals surface area contributed by atoms with E-state index in [1.54, 1.807) is 48.5 Å². The van der Waals surface area contributed by atoms with Crippen LogP contribution in [-0.2, 0) is 0 Å². The number of carbonyl (C=O) groups is 2. The number of rotatable bonds is 6. The van der Waals surface area contributed by atoms with Crippen LogP contribution in [0, 0.1) is 0 Å². The van der Waals surface area contributed by atoms with Crippen molar-refractivity contribution in [1.29, 1.82) is 0 Å². The number of hydrogen-bond acceptors (Lipinski definition) is 4. The summed E-state index contributed by atoms with van der Waals surface area (Å²) in [6, 6.07) is 21.3. The molecule has 2 N–H and O–H groups in total. The molecule has 3 rings (SSSR count). The summed E-state index contributed by atoms with van der Waals surface area (Å²) in [4.78, 5) is 23.7. The number of carbonyl (C=O) groups excluding carboxylic acids is 2. The van der Waals surface area contributed by atoms with Crippen molar-refractivity contribution >= 4 is 23.1 Å². The van der Waals surface area contributed by atoms with Crippen LogP contribution in [0.1, 0.15) is 27.6 Å². The molecule has 0 unspecified atom stereocenters. The topological polar surface area (TPSA) is 67.4 Å². The molecule has 0 aliphatic heterocycles. The first-order valence-electron chi connectivity index (χ1n) is 8.53. The maximum atomic E-state index is 12.4. The quantitative estimate of drug-likeness (QED) is 0.609. The normalized spacial score (nSPS) is 10.1. The van der Waals surface area contributed by atoms with Crippen LogP contribution in [-0.4, -0.2) is 18.7 Å². The van der Waals surface area contributed by atoms with E-state index in [-0.39, 0.29) is 11.7 Å². The van der Waals surface area contributed by atoms with Crippen molar-refractivity contribution in [2.24, 2.45) is 0 Å². The van der Waals surface area contributed by atoms with Gasteiger partial charge in [-0.15, -0.1) is 0 Å². The third kappa shape index (κ3) is 4.73. The lowest BCUT2D eigenvalue weighted by Crippen LogP contribution is -2.11. The molecular weight excluding hydrogens is 340 g/mol. The fraction of sp³-hybridized carbons (Fsp3) is 0.0909. The van der Waals surface area contributed by atoms with Gasteiger partial charge in [-0.25, -0.2) is 0 Å². The van der Waals surface area contributed by atoms with E-state index < -0.39 is 0 Å². The minimum atomic E-state index is -0.194. The molecule has 5 nitrogen and oxygen atoms in total. The van der Waals surface area contributed by atoms with E-state index in [2.05, 4.69) is 10.6 Å². The summed E-state index contributed by atoms with van der Waals surface area (Å²) in [6.07, 6.45) is 0. The number of amides is 1. The van der Waals surface area contributed by atoms with E-state index in [0.29, 0.717) is 22.6 Å². The number of nitrogens with one attached hydrogen (secondary N) is 2. The highest BCUT2D eigenvalue weighted by molar-refractivity contribution is 6.04. The van der Waals surface area contributed by atoms with Gasteiger partial charge in [-0.05, 0) is 73.7 Å². The Morgan fingerprint density at radius 1 is 0.778 bits per heavy atom. The third-order valence-electron chi connectivity index (χ3n) is 4.02. The monoisotopic (exact) mass is 360 g/mol. The highest BCUT2D eigenvalue weighted by atomic mass is 16.5. The molecule has 3 aromatic carbocycles. The van der Waals surface area contributed by atoms with Gasteiger partial charge in [-0.3, -0.25) is 9.59 Å². The lowest BCUT2D eigenvalue weighted by atomic mass is 10.1. The lowest BCUT2D eigenvalue weighted by molar-refractivity contribution is 0.101. The number of benzene rings is 3. The first kappa shape index (κ1) is 18.2. The summed E-state index contributed by atoms with van der Waals surface area (Å²) in [5.74, 6) is 1.05. The average molecular weight is 360 g/mol. The number of ketones is 1. The molecule has 0 fully saturated rings. The number of anilines is 2. The van der Waals surface area contributed by atoms with Crippen LogP contribution in [0.4, 0.5) is 11.4 Å². The van der Waals surface area contributed by atoms with Crippen LogP contribution in [0.15, 0.2) is 72.8 Å². The van der Waals surface area contributed by atoms with Crippen molar-refractivity contribution in [3.63, 3.8) is 0 Å². The fourth-order valence-electron chi connectivity index (χ4n) is 2.52. The Hall–Kier alpha value is -3.60. The van der Waals surface area contributed by atoms with Crippen LogP contribution >= 0.6 is 0 Å². The predicted molar refractivity (Wildman–Crippen MR) is 107 cm³/mol. The molecule has 136 valence electrons. The summed E-state index contributed by atoms with van der Waals surface area (Å²) in [5.41, 5.74) is 2.81. The molecule has 0 radical (unpaired) electrons. The van der Waals surface area contributed by atoms with E-state index >= 15 is 0 Å². The van der Waals surface area contributed by atoms with Gasteiger partial charge in [0.05, 0.1) is 0 Å². The average Bonchev–Trinajstić information content (AvgIpc) is 2.69. The zero-order valence-corrected chi connectivity index (χ0v) is 15.2. The van der Waals surface area contributed by atoms with Crippen molar-refractivity contribution < 1.29 is 14.3 Å². The summed E-state index contributed by atoms with van der Waals surface area (Å²) in [7, 11) is 1.83. The molecular formula is C22H20N2O3. The van der Waals surface area contributed by atoms with Crippen LogP contribution in [0.2, 0.25) is 0 Å². The van der Waals surface area contributed by atoms with Gasteiger partial charge in [0.25, 0.3) is 5.91 Å². The van der Waals surface area contributed by atoms with Crippen LogP contribution in [0.5, 0.6) is 11.5 Å². The van der Waals surface area contributed by atoms with Gasteiger partial charge in [0, 0.05) is 29.5 Å². The van der Waals surface area contributed by atoms with Gasteiger partial charge in [0.15, 0.2) is 5.78 Å². The molecule has 5 heteroatoms. The lowest BCUT2D eigenvalue weighted by Gasteiger charge is -2.09. The zero-order chi connectivity index (χ0) is 19.2. The zero-order valence-electron chi connectivity index (χ0n) is 15.2. The first-order valence-corrected chi connectivity index (χ1v) is 8.53. The Bertz CT molecular complexity index is 948. The van der Waals surface area contributed by atoms with Crippen molar-refractivity contribution in [3.05, 3.63) is 83.9 Å². The highest BCUT2D eigenvalue weighted by Crippen LogP contribution is 2.23. The summed E-state index contributed by atoms with van der Waals surface area (Å²) in [6.45, 7) is 1.52. The van der Waals surface area contributed by atoms with Crippen molar-refractivity contribution in [3.8, 4) is 11.5 Å². The maximum absolute atomic E-state index is 12.4. The summed E-state index contributed by atoms with van der Waals surface area (Å²) >= 11 is 0. The number of hydrogen-bond donors (Lipinski definition) is 2. The Morgan fingerprint density at radius 2 is 1.33 bits per heavy atom. The van der Waals surface area contributed by atoms with E-state index in [0.717, 1.165) is 11.4 Å². The second-order valence-electron chi connectivity index (χ2n) is 5.99. The van der Waals surface area contributed by atoms with E-state index in [9.17, 15) is 9.59 Å². The summed E-state index contributed by atoms with van der Waals surface area (Å²) in [5, 5.41) is 5.90. The standard InChI is InChI=1S/C22H20N2O3/c1-15(25)16-6-10-20(11-7-16)27-21-12-8-17(9-13-21)22(26)24-19-5-3-4-18(14-19)23-2/h3-14,23H,1-2H3,(H,24,26). The first-order chi connectivity index (χ1) is 13.0. The van der Waals surface area contributed by atoms with Crippen molar-refractivity contribution in [2.45, 2.75) is 6.92 Å². The SMILES string of the molecule is CNc1cccc(NC(=O)c2ccc(Oc3ccc(C(C)=O)cc3)cc2)c1. The second kappa shape index (κ2) is 8.19. The molecule has 0 aliphatic carbocycles. The Morgan fingerprint density at radius 3 is 1.89 bits per heavy atom. The van der Waals surface area contributed by atoms with Gasteiger partial charge < -0.3 is 15.4 Å². The largest absolute Gasteiger partial charge is 0.457 e. The number of ether oxygens (including phenoxy) is 1. The Labute approximate surface area is 158 Å². The number of Topliss-reactive ketones (excluding diaryl/α,β-unsaturated/α-hetero) is 1. The van der Waals surface area contributed by atoms with Gasteiger partial charge in [0.2, 0.25) is 0 Å². The van der Waals surface area contributed by atoms with E-state index in [1.807, 2.05) is 31.3 Å². The van der Waals surface area contributed by atoms with Crippen molar-refractivity contribution in [2.75, 3.05) is 17.7 Å². The molecule has 0 heterocycles. The van der Waals surface area contributed by atoms with E-state index in [1.165, 1.54) is 6.92 Å². The van der Waals surface area contributed by atoms with Gasteiger partial charge in [-0.1, -0.05) is 6.07 Å². The second-order valence-corrected chi connectivity index (χ2v) is 5.99. The maximum Gasteiger partial charge on any atom is 0.255 e. The van der Waals surface area contributed by atoms with Gasteiger partial charge >= 0.3 is 0 Å². The van der Waals surface area contributed by atoms with Gasteiger partial charge in [-0.2, -0.15) is 0 Å². The molecule has 0 bridgehead atoms. The Kier molecular flexibility index (Phi) is 5.52. The van der Waals surface area contributed by atoms with Gasteiger partial charge in [0.1, 0.15) is 11.5 Å². The minimum Gasteiger partial charge on any atom is -0.457 e.